The van der Waals surface area contributed by atoms with Crippen molar-refractivity contribution in [2.45, 2.75) is 43.5 Å². The SMILES string of the molecule is O=C(NC1CC1)c1cc(NC(=O)C(Cl)c2ccccc2)ccc1N1CCCCC1. The van der Waals surface area contributed by atoms with Gasteiger partial charge in [-0.3, -0.25) is 9.59 Å². The summed E-state index contributed by atoms with van der Waals surface area (Å²) in [6.07, 6.45) is 5.56. The summed E-state index contributed by atoms with van der Waals surface area (Å²) < 4.78 is 0. The number of piperidine rings is 1. The van der Waals surface area contributed by atoms with Crippen LogP contribution in [0.4, 0.5) is 11.4 Å². The average Bonchev–Trinajstić information content (AvgIpc) is 3.58. The highest BCUT2D eigenvalue weighted by atomic mass is 35.5. The number of amides is 2. The minimum absolute atomic E-state index is 0.0744. The minimum Gasteiger partial charge on any atom is -0.371 e. The van der Waals surface area contributed by atoms with E-state index in [1.807, 2.05) is 42.5 Å². The first-order valence-corrected chi connectivity index (χ1v) is 10.8. The molecule has 1 aliphatic carbocycles. The minimum atomic E-state index is -0.790. The molecule has 2 aromatic rings. The number of alkyl halides is 1. The fourth-order valence-electron chi connectivity index (χ4n) is 3.68. The molecule has 1 saturated carbocycles. The summed E-state index contributed by atoms with van der Waals surface area (Å²) in [6, 6.07) is 15.1. The lowest BCUT2D eigenvalue weighted by atomic mass is 10.1. The van der Waals surface area contributed by atoms with Crippen LogP contribution in [0.5, 0.6) is 0 Å². The summed E-state index contributed by atoms with van der Waals surface area (Å²) in [5.74, 6) is -0.383. The van der Waals surface area contributed by atoms with Crippen LogP contribution in [0.3, 0.4) is 0 Å². The Morgan fingerprint density at radius 2 is 1.72 bits per heavy atom. The van der Waals surface area contributed by atoms with Crippen molar-refractivity contribution < 1.29 is 9.59 Å². The van der Waals surface area contributed by atoms with Crippen molar-refractivity contribution in [2.24, 2.45) is 0 Å². The lowest BCUT2D eigenvalue weighted by Gasteiger charge is -2.30. The third kappa shape index (κ3) is 4.91. The van der Waals surface area contributed by atoms with E-state index in [9.17, 15) is 9.59 Å². The van der Waals surface area contributed by atoms with Crippen molar-refractivity contribution in [3.05, 3.63) is 59.7 Å². The first-order chi connectivity index (χ1) is 14.1. The molecule has 0 bridgehead atoms. The van der Waals surface area contributed by atoms with Gasteiger partial charge in [-0.05, 0) is 55.9 Å². The molecule has 0 spiro atoms. The smallest absolute Gasteiger partial charge is 0.253 e. The molecule has 1 unspecified atom stereocenters. The van der Waals surface area contributed by atoms with E-state index in [0.29, 0.717) is 11.3 Å². The zero-order valence-electron chi connectivity index (χ0n) is 16.4. The predicted molar refractivity (Wildman–Crippen MR) is 117 cm³/mol. The number of nitrogens with one attached hydrogen (secondary N) is 2. The number of rotatable bonds is 6. The molecule has 2 aliphatic rings. The Morgan fingerprint density at radius 1 is 1.00 bits per heavy atom. The van der Waals surface area contributed by atoms with Crippen molar-refractivity contribution >= 4 is 34.8 Å². The van der Waals surface area contributed by atoms with Crippen LogP contribution in [0, 0.1) is 0 Å². The summed E-state index contributed by atoms with van der Waals surface area (Å²) in [5.41, 5.74) is 2.87. The molecule has 1 aliphatic heterocycles. The first kappa shape index (κ1) is 19.8. The summed E-state index contributed by atoms with van der Waals surface area (Å²) in [7, 11) is 0. The van der Waals surface area contributed by atoms with Gasteiger partial charge in [0.2, 0.25) is 5.91 Å². The number of benzene rings is 2. The van der Waals surface area contributed by atoms with Crippen molar-refractivity contribution in [1.82, 2.24) is 5.32 Å². The molecule has 2 amide bonds. The number of carbonyl (C=O) groups is 2. The van der Waals surface area contributed by atoms with Gasteiger partial charge in [-0.15, -0.1) is 11.6 Å². The van der Waals surface area contributed by atoms with Crippen LogP contribution in [0.1, 0.15) is 53.4 Å². The largest absolute Gasteiger partial charge is 0.371 e. The molecular formula is C23H26ClN3O2. The zero-order chi connectivity index (χ0) is 20.2. The van der Waals surface area contributed by atoms with Crippen molar-refractivity contribution in [1.29, 1.82) is 0 Å². The predicted octanol–water partition coefficient (Wildman–Crippen LogP) is 4.49. The van der Waals surface area contributed by atoms with Crippen LogP contribution in [0.2, 0.25) is 0 Å². The molecule has 29 heavy (non-hydrogen) atoms. The van der Waals surface area contributed by atoms with Gasteiger partial charge in [0.25, 0.3) is 5.91 Å². The highest BCUT2D eigenvalue weighted by molar-refractivity contribution is 6.32. The molecule has 1 atom stereocenters. The molecule has 6 heteroatoms. The fraction of sp³-hybridized carbons (Fsp3) is 0.391. The molecule has 2 aromatic carbocycles. The molecule has 1 heterocycles. The van der Waals surface area contributed by atoms with Gasteiger partial charge in [0, 0.05) is 30.5 Å². The van der Waals surface area contributed by atoms with E-state index in [0.717, 1.165) is 50.0 Å². The standard InChI is InChI=1S/C23H26ClN3O2/c24-21(16-7-3-1-4-8-16)23(29)26-18-11-12-20(27-13-5-2-6-14-27)19(15-18)22(28)25-17-9-10-17/h1,3-4,7-8,11-12,15,17,21H,2,5-6,9-10,13-14H2,(H,25,28)(H,26,29). The van der Waals surface area contributed by atoms with Crippen LogP contribution in [0.15, 0.2) is 48.5 Å². The quantitative estimate of drug-likeness (QED) is 0.688. The summed E-state index contributed by atoms with van der Waals surface area (Å²) in [5, 5.41) is 5.15. The average molecular weight is 412 g/mol. The molecule has 2 fully saturated rings. The Morgan fingerprint density at radius 3 is 2.41 bits per heavy atom. The normalized spacial score (nSPS) is 17.5. The summed E-state index contributed by atoms with van der Waals surface area (Å²) >= 11 is 6.34. The Labute approximate surface area is 176 Å². The Kier molecular flexibility index (Phi) is 6.05. The molecule has 0 aromatic heterocycles. The molecular weight excluding hydrogens is 386 g/mol. The van der Waals surface area contributed by atoms with Gasteiger partial charge in [-0.1, -0.05) is 30.3 Å². The van der Waals surface area contributed by atoms with Crippen molar-refractivity contribution in [3.63, 3.8) is 0 Å². The third-order valence-electron chi connectivity index (χ3n) is 5.44. The fourth-order valence-corrected chi connectivity index (χ4v) is 3.88. The number of nitrogens with zero attached hydrogens (tertiary/aromatic N) is 1. The maximum atomic E-state index is 12.9. The highest BCUT2D eigenvalue weighted by Gasteiger charge is 2.27. The first-order valence-electron chi connectivity index (χ1n) is 10.3. The van der Waals surface area contributed by atoms with Gasteiger partial charge >= 0.3 is 0 Å². The highest BCUT2D eigenvalue weighted by Crippen LogP contribution is 2.30. The van der Waals surface area contributed by atoms with E-state index >= 15 is 0 Å². The lowest BCUT2D eigenvalue weighted by Crippen LogP contribution is -2.33. The third-order valence-corrected chi connectivity index (χ3v) is 5.89. The number of hydrogen-bond acceptors (Lipinski definition) is 3. The van der Waals surface area contributed by atoms with E-state index in [-0.39, 0.29) is 17.9 Å². The summed E-state index contributed by atoms with van der Waals surface area (Å²) in [6.45, 7) is 1.90. The van der Waals surface area contributed by atoms with E-state index in [1.165, 1.54) is 6.42 Å². The molecule has 2 N–H and O–H groups in total. The van der Waals surface area contributed by atoms with Gasteiger partial charge < -0.3 is 15.5 Å². The maximum absolute atomic E-state index is 12.9. The van der Waals surface area contributed by atoms with Crippen LogP contribution in [-0.4, -0.2) is 30.9 Å². The monoisotopic (exact) mass is 411 g/mol. The molecule has 0 radical (unpaired) electrons. The van der Waals surface area contributed by atoms with Crippen LogP contribution in [0.25, 0.3) is 0 Å². The Bertz CT molecular complexity index is 877. The van der Waals surface area contributed by atoms with Crippen LogP contribution in [-0.2, 0) is 4.79 Å². The van der Waals surface area contributed by atoms with Crippen molar-refractivity contribution in [2.75, 3.05) is 23.3 Å². The van der Waals surface area contributed by atoms with E-state index in [1.54, 1.807) is 6.07 Å². The maximum Gasteiger partial charge on any atom is 0.253 e. The van der Waals surface area contributed by atoms with Gasteiger partial charge in [0.1, 0.15) is 5.38 Å². The second kappa shape index (κ2) is 8.87. The van der Waals surface area contributed by atoms with E-state index < -0.39 is 5.38 Å². The number of halogens is 1. The molecule has 152 valence electrons. The second-order valence-corrected chi connectivity index (χ2v) is 8.23. The Hall–Kier alpha value is -2.53. The van der Waals surface area contributed by atoms with Crippen LogP contribution >= 0.6 is 11.6 Å². The molecule has 5 nitrogen and oxygen atoms in total. The van der Waals surface area contributed by atoms with Crippen LogP contribution < -0.4 is 15.5 Å². The molecule has 1 saturated heterocycles. The Balaban J connectivity index is 1.55. The number of anilines is 2. The second-order valence-electron chi connectivity index (χ2n) is 7.79. The van der Waals surface area contributed by atoms with Gasteiger partial charge in [0.15, 0.2) is 0 Å². The van der Waals surface area contributed by atoms with E-state index in [4.69, 9.17) is 11.6 Å². The molecule has 4 rings (SSSR count). The topological polar surface area (TPSA) is 61.4 Å². The zero-order valence-corrected chi connectivity index (χ0v) is 17.1. The van der Waals surface area contributed by atoms with Crippen molar-refractivity contribution in [3.8, 4) is 0 Å². The van der Waals surface area contributed by atoms with E-state index in [2.05, 4.69) is 15.5 Å². The lowest BCUT2D eigenvalue weighted by molar-refractivity contribution is -0.116. The summed E-state index contributed by atoms with van der Waals surface area (Å²) in [4.78, 5) is 27.8. The van der Waals surface area contributed by atoms with Gasteiger partial charge in [0.05, 0.1) is 5.56 Å². The van der Waals surface area contributed by atoms with Gasteiger partial charge in [-0.25, -0.2) is 0 Å². The van der Waals surface area contributed by atoms with Gasteiger partial charge in [-0.2, -0.15) is 0 Å². The number of carbonyl (C=O) groups excluding carboxylic acids is 2. The number of hydrogen-bond donors (Lipinski definition) is 2.